The number of ketones is 1. The second kappa shape index (κ2) is 7.14. The van der Waals surface area contributed by atoms with Crippen molar-refractivity contribution in [3.05, 3.63) is 72.4 Å². The van der Waals surface area contributed by atoms with E-state index in [1.807, 2.05) is 49.6 Å². The Balaban J connectivity index is 0.000000161. The average Bonchev–Trinajstić information content (AvgIpc) is 2.96. The van der Waals surface area contributed by atoms with Gasteiger partial charge in [-0.2, -0.15) is 0 Å². The van der Waals surface area contributed by atoms with Crippen LogP contribution in [0.1, 0.15) is 22.8 Å². The second-order valence-electron chi connectivity index (χ2n) is 4.56. The summed E-state index contributed by atoms with van der Waals surface area (Å²) in [6.07, 6.45) is 8.88. The zero-order valence-corrected chi connectivity index (χ0v) is 12.1. The molecule has 0 bridgehead atoms. The third-order valence-electron chi connectivity index (χ3n) is 2.95. The van der Waals surface area contributed by atoms with Crippen LogP contribution >= 0.6 is 0 Å². The Morgan fingerprint density at radius 3 is 2.43 bits per heavy atom. The van der Waals surface area contributed by atoms with E-state index >= 15 is 0 Å². The van der Waals surface area contributed by atoms with Crippen molar-refractivity contribution in [1.29, 1.82) is 0 Å². The van der Waals surface area contributed by atoms with Crippen molar-refractivity contribution in [2.75, 3.05) is 0 Å². The van der Waals surface area contributed by atoms with Crippen molar-refractivity contribution in [2.24, 2.45) is 0 Å². The van der Waals surface area contributed by atoms with Crippen LogP contribution in [0.5, 0.6) is 0 Å². The highest BCUT2D eigenvalue weighted by Crippen LogP contribution is 2.12. The predicted octanol–water partition coefficient (Wildman–Crippen LogP) is 3.67. The summed E-state index contributed by atoms with van der Waals surface area (Å²) in [5, 5.41) is 0. The van der Waals surface area contributed by atoms with E-state index in [1.54, 1.807) is 25.5 Å². The molecule has 106 valence electrons. The number of pyridine rings is 2. The zero-order valence-electron chi connectivity index (χ0n) is 12.1. The Hall–Kier alpha value is -2.75. The molecule has 0 aliphatic heterocycles. The molecule has 0 saturated carbocycles. The van der Waals surface area contributed by atoms with E-state index in [1.165, 1.54) is 0 Å². The van der Waals surface area contributed by atoms with Gasteiger partial charge in [0, 0.05) is 42.1 Å². The van der Waals surface area contributed by atoms with Gasteiger partial charge in [-0.3, -0.25) is 14.8 Å². The SMILES string of the molecule is CC(=O)c1c[nH]cc1C.c1ccc(-c2cccnc2)nc1. The lowest BCUT2D eigenvalue weighted by molar-refractivity contribution is 0.101. The molecule has 3 rings (SSSR count). The molecule has 3 aromatic heterocycles. The van der Waals surface area contributed by atoms with Crippen LogP contribution in [0.2, 0.25) is 0 Å². The van der Waals surface area contributed by atoms with Gasteiger partial charge in [-0.1, -0.05) is 6.07 Å². The number of nitrogens with zero attached hydrogens (tertiary/aromatic N) is 2. The van der Waals surface area contributed by atoms with Gasteiger partial charge in [-0.05, 0) is 43.7 Å². The minimum absolute atomic E-state index is 0.119. The average molecular weight is 279 g/mol. The lowest BCUT2D eigenvalue weighted by atomic mass is 10.2. The molecule has 3 aromatic rings. The first kappa shape index (κ1) is 14.7. The summed E-state index contributed by atoms with van der Waals surface area (Å²) in [4.78, 5) is 21.8. The number of hydrogen-bond donors (Lipinski definition) is 1. The van der Waals surface area contributed by atoms with Gasteiger partial charge in [-0.25, -0.2) is 0 Å². The Morgan fingerprint density at radius 1 is 1.10 bits per heavy atom. The number of aromatic amines is 1. The molecule has 0 radical (unpaired) electrons. The number of H-pyrrole nitrogens is 1. The van der Waals surface area contributed by atoms with E-state index in [-0.39, 0.29) is 5.78 Å². The van der Waals surface area contributed by atoms with Gasteiger partial charge in [0.1, 0.15) is 0 Å². The molecule has 4 heteroatoms. The maximum Gasteiger partial charge on any atom is 0.161 e. The number of hydrogen-bond acceptors (Lipinski definition) is 3. The van der Waals surface area contributed by atoms with Crippen LogP contribution in [-0.2, 0) is 0 Å². The molecule has 21 heavy (non-hydrogen) atoms. The number of aromatic nitrogens is 3. The fourth-order valence-electron chi connectivity index (χ4n) is 1.87. The van der Waals surface area contributed by atoms with Gasteiger partial charge in [0.25, 0.3) is 0 Å². The van der Waals surface area contributed by atoms with E-state index in [0.29, 0.717) is 0 Å². The number of rotatable bonds is 2. The van der Waals surface area contributed by atoms with Gasteiger partial charge in [-0.15, -0.1) is 0 Å². The monoisotopic (exact) mass is 279 g/mol. The van der Waals surface area contributed by atoms with E-state index in [4.69, 9.17) is 0 Å². The Morgan fingerprint density at radius 2 is 1.95 bits per heavy atom. The first-order chi connectivity index (χ1) is 10.2. The topological polar surface area (TPSA) is 58.6 Å². The van der Waals surface area contributed by atoms with E-state index in [9.17, 15) is 4.79 Å². The normalized spacial score (nSPS) is 9.62. The third kappa shape index (κ3) is 4.11. The van der Waals surface area contributed by atoms with Gasteiger partial charge in [0.2, 0.25) is 0 Å². The highest BCUT2D eigenvalue weighted by atomic mass is 16.1. The number of nitrogens with one attached hydrogen (secondary N) is 1. The summed E-state index contributed by atoms with van der Waals surface area (Å²) in [5.74, 6) is 0.119. The molecule has 0 spiro atoms. The molecule has 0 saturated heterocycles. The quantitative estimate of drug-likeness (QED) is 0.728. The fraction of sp³-hybridized carbons (Fsp3) is 0.118. The highest BCUT2D eigenvalue weighted by molar-refractivity contribution is 5.95. The molecule has 4 nitrogen and oxygen atoms in total. The van der Waals surface area contributed by atoms with Gasteiger partial charge < -0.3 is 4.98 Å². The van der Waals surface area contributed by atoms with Crippen LogP contribution in [0.3, 0.4) is 0 Å². The first-order valence-electron chi connectivity index (χ1n) is 6.64. The molecule has 0 unspecified atom stereocenters. The molecule has 0 aliphatic rings. The van der Waals surface area contributed by atoms with Crippen molar-refractivity contribution in [2.45, 2.75) is 13.8 Å². The van der Waals surface area contributed by atoms with Crippen LogP contribution in [0.4, 0.5) is 0 Å². The maximum absolute atomic E-state index is 10.7. The Kier molecular flexibility index (Phi) is 4.99. The number of Topliss-reactive ketones (excluding diaryl/α,β-unsaturated/α-hetero) is 1. The molecule has 0 atom stereocenters. The Bertz CT molecular complexity index is 653. The van der Waals surface area contributed by atoms with Crippen molar-refractivity contribution in [1.82, 2.24) is 15.0 Å². The number of carbonyl (C=O) groups is 1. The number of carbonyl (C=O) groups excluding carboxylic acids is 1. The van der Waals surface area contributed by atoms with Crippen molar-refractivity contribution >= 4 is 5.78 Å². The summed E-state index contributed by atoms with van der Waals surface area (Å²) in [5.41, 5.74) is 3.82. The summed E-state index contributed by atoms with van der Waals surface area (Å²) in [6, 6.07) is 9.74. The molecule has 1 N–H and O–H groups in total. The van der Waals surface area contributed by atoms with Crippen LogP contribution in [0, 0.1) is 6.92 Å². The second-order valence-corrected chi connectivity index (χ2v) is 4.56. The van der Waals surface area contributed by atoms with E-state index in [0.717, 1.165) is 22.4 Å². The van der Waals surface area contributed by atoms with Crippen LogP contribution in [-0.4, -0.2) is 20.7 Å². The first-order valence-corrected chi connectivity index (χ1v) is 6.64. The molecule has 3 heterocycles. The summed E-state index contributed by atoms with van der Waals surface area (Å²) in [7, 11) is 0. The molecule has 0 aromatic carbocycles. The van der Waals surface area contributed by atoms with Gasteiger partial charge >= 0.3 is 0 Å². The third-order valence-corrected chi connectivity index (χ3v) is 2.95. The van der Waals surface area contributed by atoms with Crippen molar-refractivity contribution in [3.63, 3.8) is 0 Å². The van der Waals surface area contributed by atoms with Crippen LogP contribution in [0.25, 0.3) is 11.3 Å². The van der Waals surface area contributed by atoms with Gasteiger partial charge in [0.05, 0.1) is 5.69 Å². The number of aryl methyl sites for hydroxylation is 1. The van der Waals surface area contributed by atoms with Gasteiger partial charge in [0.15, 0.2) is 5.78 Å². The maximum atomic E-state index is 10.7. The Labute approximate surface area is 123 Å². The molecular formula is C17H17N3O. The standard InChI is InChI=1S/C10H8N2.C7H9NO/c1-2-7-12-10(5-1)9-4-3-6-11-8-9;1-5-3-8-4-7(5)6(2)9/h1-8H;3-4,8H,1-2H3. The van der Waals surface area contributed by atoms with Crippen LogP contribution in [0.15, 0.2) is 61.3 Å². The molecular weight excluding hydrogens is 262 g/mol. The highest BCUT2D eigenvalue weighted by Gasteiger charge is 2.01. The largest absolute Gasteiger partial charge is 0.367 e. The minimum atomic E-state index is 0.119. The van der Waals surface area contributed by atoms with E-state index < -0.39 is 0 Å². The fourth-order valence-corrected chi connectivity index (χ4v) is 1.87. The summed E-state index contributed by atoms with van der Waals surface area (Å²) < 4.78 is 0. The smallest absolute Gasteiger partial charge is 0.161 e. The van der Waals surface area contributed by atoms with Crippen LogP contribution < -0.4 is 0 Å². The lowest BCUT2D eigenvalue weighted by Crippen LogP contribution is -1.89. The van der Waals surface area contributed by atoms with Crippen molar-refractivity contribution < 1.29 is 4.79 Å². The lowest BCUT2D eigenvalue weighted by Gasteiger charge is -1.96. The van der Waals surface area contributed by atoms with Crippen molar-refractivity contribution in [3.8, 4) is 11.3 Å². The molecule has 0 fully saturated rings. The molecule has 0 amide bonds. The minimum Gasteiger partial charge on any atom is -0.367 e. The summed E-state index contributed by atoms with van der Waals surface area (Å²) in [6.45, 7) is 3.48. The van der Waals surface area contributed by atoms with E-state index in [2.05, 4.69) is 15.0 Å². The summed E-state index contributed by atoms with van der Waals surface area (Å²) >= 11 is 0. The predicted molar refractivity (Wildman–Crippen MR) is 83.0 cm³/mol. The molecule has 0 aliphatic carbocycles. The zero-order chi connectivity index (χ0) is 15.1.